The molecule has 0 saturated carbocycles. The normalized spacial score (nSPS) is 12.4. The number of rotatable bonds is 5. The van der Waals surface area contributed by atoms with Gasteiger partial charge in [-0.3, -0.25) is 0 Å². The van der Waals surface area contributed by atoms with E-state index in [1.807, 2.05) is 30.3 Å². The Morgan fingerprint density at radius 3 is 1.96 bits per heavy atom. The maximum Gasteiger partial charge on any atom is 0.416 e. The molecule has 0 bridgehead atoms. The molecule has 0 saturated heterocycles. The zero-order valence-corrected chi connectivity index (χ0v) is 13.8. The molecule has 0 unspecified atom stereocenters. The van der Waals surface area contributed by atoms with E-state index in [0.717, 1.165) is 17.7 Å². The number of halogens is 6. The van der Waals surface area contributed by atoms with Crippen LogP contribution in [0.3, 0.4) is 0 Å². The molecule has 0 aliphatic rings. The molecule has 0 heterocycles. The molecule has 0 fully saturated rings. The van der Waals surface area contributed by atoms with Crippen molar-refractivity contribution >= 4 is 12.0 Å². The lowest BCUT2D eigenvalue weighted by Gasteiger charge is -2.12. The van der Waals surface area contributed by atoms with E-state index in [-0.39, 0.29) is 12.7 Å². The summed E-state index contributed by atoms with van der Waals surface area (Å²) in [6, 6.07) is 10.2. The van der Waals surface area contributed by atoms with Gasteiger partial charge in [0.15, 0.2) is 0 Å². The summed E-state index contributed by atoms with van der Waals surface area (Å²) in [5.41, 5.74) is -2.39. The smallest absolute Gasteiger partial charge is 0.416 e. The molecule has 0 aliphatic heterocycles. The summed E-state index contributed by atoms with van der Waals surface area (Å²) >= 11 is 0. The van der Waals surface area contributed by atoms with E-state index in [1.165, 1.54) is 0 Å². The SMILES string of the molecule is O=C(/C=C/c1cc(C(F)(F)F)cc(C(F)(F)F)c1)OCCc1ccccc1. The first-order valence-electron chi connectivity index (χ1n) is 7.74. The van der Waals surface area contributed by atoms with Crippen LogP contribution < -0.4 is 0 Å². The topological polar surface area (TPSA) is 26.3 Å². The highest BCUT2D eigenvalue weighted by Gasteiger charge is 2.36. The minimum atomic E-state index is -4.94. The van der Waals surface area contributed by atoms with Gasteiger partial charge in [0.25, 0.3) is 0 Å². The Labute approximate surface area is 151 Å². The number of esters is 1. The molecule has 27 heavy (non-hydrogen) atoms. The van der Waals surface area contributed by atoms with Gasteiger partial charge in [-0.05, 0) is 35.4 Å². The number of hydrogen-bond acceptors (Lipinski definition) is 2. The van der Waals surface area contributed by atoms with Crippen molar-refractivity contribution in [2.75, 3.05) is 6.61 Å². The first-order chi connectivity index (χ1) is 12.6. The average molecular weight is 388 g/mol. The van der Waals surface area contributed by atoms with Crippen LogP contribution in [-0.2, 0) is 28.3 Å². The van der Waals surface area contributed by atoms with Gasteiger partial charge in [-0.2, -0.15) is 26.3 Å². The standard InChI is InChI=1S/C19H14F6O2/c20-18(21,22)15-10-14(11-16(12-15)19(23,24)25)6-7-17(26)27-9-8-13-4-2-1-3-5-13/h1-7,10-12H,8-9H2/b7-6+. The Morgan fingerprint density at radius 1 is 0.889 bits per heavy atom. The zero-order chi connectivity index (χ0) is 20.1. The fourth-order valence-corrected chi connectivity index (χ4v) is 2.20. The van der Waals surface area contributed by atoms with Gasteiger partial charge in [0.2, 0.25) is 0 Å². The van der Waals surface area contributed by atoms with Gasteiger partial charge < -0.3 is 4.74 Å². The van der Waals surface area contributed by atoms with Crippen molar-refractivity contribution in [2.24, 2.45) is 0 Å². The fourth-order valence-electron chi connectivity index (χ4n) is 2.20. The number of hydrogen-bond donors (Lipinski definition) is 0. The van der Waals surface area contributed by atoms with Gasteiger partial charge in [-0.1, -0.05) is 30.3 Å². The molecule has 2 nitrogen and oxygen atoms in total. The summed E-state index contributed by atoms with van der Waals surface area (Å²) in [5, 5.41) is 0. The van der Waals surface area contributed by atoms with E-state index < -0.39 is 35.0 Å². The van der Waals surface area contributed by atoms with E-state index >= 15 is 0 Å². The van der Waals surface area contributed by atoms with Gasteiger partial charge in [0.1, 0.15) is 0 Å². The molecule has 2 aromatic carbocycles. The number of carbonyl (C=O) groups excluding carboxylic acids is 1. The number of benzene rings is 2. The third-order valence-electron chi connectivity index (χ3n) is 3.50. The van der Waals surface area contributed by atoms with Crippen LogP contribution >= 0.6 is 0 Å². The van der Waals surface area contributed by atoms with Gasteiger partial charge in [0.05, 0.1) is 17.7 Å². The van der Waals surface area contributed by atoms with Crippen LogP contribution in [0, 0.1) is 0 Å². The molecule has 0 spiro atoms. The molecule has 2 rings (SSSR count). The molecule has 0 atom stereocenters. The summed E-state index contributed by atoms with van der Waals surface area (Å²) in [7, 11) is 0. The van der Waals surface area contributed by atoms with E-state index in [1.54, 1.807) is 0 Å². The summed E-state index contributed by atoms with van der Waals surface area (Å²) in [4.78, 5) is 11.6. The molecular formula is C19H14F6O2. The predicted octanol–water partition coefficient (Wildman–Crippen LogP) is 5.52. The van der Waals surface area contributed by atoms with Crippen molar-refractivity contribution < 1.29 is 35.9 Å². The predicted molar refractivity (Wildman–Crippen MR) is 86.6 cm³/mol. The van der Waals surface area contributed by atoms with Crippen LogP contribution in [-0.4, -0.2) is 12.6 Å². The third-order valence-corrected chi connectivity index (χ3v) is 3.50. The Morgan fingerprint density at radius 2 is 1.44 bits per heavy atom. The maximum absolute atomic E-state index is 12.8. The van der Waals surface area contributed by atoms with Crippen molar-refractivity contribution in [1.82, 2.24) is 0 Å². The first-order valence-corrected chi connectivity index (χ1v) is 7.74. The lowest BCUT2D eigenvalue weighted by molar-refractivity contribution is -0.143. The largest absolute Gasteiger partial charge is 0.462 e. The zero-order valence-electron chi connectivity index (χ0n) is 13.8. The van der Waals surface area contributed by atoms with Gasteiger partial charge in [-0.25, -0.2) is 4.79 Å². The number of alkyl halides is 6. The van der Waals surface area contributed by atoms with Gasteiger partial charge in [0, 0.05) is 12.5 Å². The summed E-state index contributed by atoms with van der Waals surface area (Å²) in [5.74, 6) is -0.864. The first kappa shape index (κ1) is 20.5. The summed E-state index contributed by atoms with van der Waals surface area (Å²) in [6.07, 6.45) is -7.81. The summed E-state index contributed by atoms with van der Waals surface area (Å²) in [6.45, 7) is 0.0313. The van der Waals surface area contributed by atoms with E-state index in [2.05, 4.69) is 0 Å². The molecule has 0 amide bonds. The minimum absolute atomic E-state index is 0.0233. The van der Waals surface area contributed by atoms with E-state index in [0.29, 0.717) is 18.6 Å². The molecule has 0 radical (unpaired) electrons. The monoisotopic (exact) mass is 388 g/mol. The van der Waals surface area contributed by atoms with Crippen molar-refractivity contribution in [3.05, 3.63) is 76.9 Å². The van der Waals surface area contributed by atoms with Crippen LogP contribution in [0.4, 0.5) is 26.3 Å². The molecule has 8 heteroatoms. The molecule has 0 aromatic heterocycles. The molecule has 2 aromatic rings. The van der Waals surface area contributed by atoms with Crippen LogP contribution in [0.5, 0.6) is 0 Å². The Kier molecular flexibility index (Phi) is 6.30. The van der Waals surface area contributed by atoms with Crippen LogP contribution in [0.25, 0.3) is 6.08 Å². The second-order valence-corrected chi connectivity index (χ2v) is 5.58. The molecule has 144 valence electrons. The van der Waals surface area contributed by atoms with E-state index in [9.17, 15) is 31.1 Å². The maximum atomic E-state index is 12.8. The lowest BCUT2D eigenvalue weighted by atomic mass is 10.0. The molecule has 0 aliphatic carbocycles. The second kappa shape index (κ2) is 8.28. The number of ether oxygens (including phenoxy) is 1. The van der Waals surface area contributed by atoms with Crippen molar-refractivity contribution in [1.29, 1.82) is 0 Å². The second-order valence-electron chi connectivity index (χ2n) is 5.58. The molecular weight excluding hydrogens is 374 g/mol. The highest BCUT2D eigenvalue weighted by atomic mass is 19.4. The van der Waals surface area contributed by atoms with Crippen molar-refractivity contribution in [3.8, 4) is 0 Å². The Bertz CT molecular complexity index is 775. The van der Waals surface area contributed by atoms with E-state index in [4.69, 9.17) is 4.74 Å². The highest BCUT2D eigenvalue weighted by Crippen LogP contribution is 2.36. The Balaban J connectivity index is 2.07. The number of carbonyl (C=O) groups is 1. The molecule has 0 N–H and O–H groups in total. The van der Waals surface area contributed by atoms with Crippen molar-refractivity contribution in [2.45, 2.75) is 18.8 Å². The average Bonchev–Trinajstić information content (AvgIpc) is 2.59. The third kappa shape index (κ3) is 6.47. The fraction of sp³-hybridized carbons (Fsp3) is 0.211. The Hall–Kier alpha value is -2.77. The lowest BCUT2D eigenvalue weighted by Crippen LogP contribution is -2.11. The van der Waals surface area contributed by atoms with Crippen LogP contribution in [0.15, 0.2) is 54.6 Å². The van der Waals surface area contributed by atoms with Crippen LogP contribution in [0.2, 0.25) is 0 Å². The van der Waals surface area contributed by atoms with Crippen LogP contribution in [0.1, 0.15) is 22.3 Å². The quantitative estimate of drug-likeness (QED) is 0.383. The minimum Gasteiger partial charge on any atom is -0.462 e. The highest BCUT2D eigenvalue weighted by molar-refractivity contribution is 5.87. The van der Waals surface area contributed by atoms with Crippen molar-refractivity contribution in [3.63, 3.8) is 0 Å². The summed E-state index contributed by atoms with van der Waals surface area (Å²) < 4.78 is 81.6. The van der Waals surface area contributed by atoms with Gasteiger partial charge >= 0.3 is 18.3 Å². The van der Waals surface area contributed by atoms with Gasteiger partial charge in [-0.15, -0.1) is 0 Å².